The van der Waals surface area contributed by atoms with Crippen molar-refractivity contribution in [2.75, 3.05) is 11.9 Å². The lowest BCUT2D eigenvalue weighted by atomic mass is 10.2. The third-order valence-corrected chi connectivity index (χ3v) is 2.86. The SMILES string of the molecule is Cc1ccnc(N(C)c2ccc(C(N)=S)cc2)n1. The molecule has 92 valence electrons. The first-order valence-corrected chi connectivity index (χ1v) is 5.92. The Morgan fingerprint density at radius 3 is 2.44 bits per heavy atom. The van der Waals surface area contributed by atoms with Crippen LogP contribution in [0.15, 0.2) is 36.5 Å². The highest BCUT2D eigenvalue weighted by molar-refractivity contribution is 7.80. The van der Waals surface area contributed by atoms with Crippen molar-refractivity contribution in [1.29, 1.82) is 0 Å². The van der Waals surface area contributed by atoms with Crippen molar-refractivity contribution in [3.63, 3.8) is 0 Å². The Balaban J connectivity index is 2.28. The van der Waals surface area contributed by atoms with E-state index >= 15 is 0 Å². The van der Waals surface area contributed by atoms with Gasteiger partial charge in [0.15, 0.2) is 0 Å². The summed E-state index contributed by atoms with van der Waals surface area (Å²) in [5.74, 6) is 0.665. The summed E-state index contributed by atoms with van der Waals surface area (Å²) in [5, 5.41) is 0. The van der Waals surface area contributed by atoms with Crippen LogP contribution in [0, 0.1) is 6.92 Å². The fourth-order valence-corrected chi connectivity index (χ4v) is 1.70. The van der Waals surface area contributed by atoms with Crippen molar-refractivity contribution in [3.05, 3.63) is 47.8 Å². The summed E-state index contributed by atoms with van der Waals surface area (Å²) in [7, 11) is 1.92. The number of nitrogens with zero attached hydrogens (tertiary/aromatic N) is 3. The number of hydrogen-bond donors (Lipinski definition) is 1. The molecule has 0 aliphatic carbocycles. The summed E-state index contributed by atoms with van der Waals surface area (Å²) in [6.07, 6.45) is 1.75. The summed E-state index contributed by atoms with van der Waals surface area (Å²) < 4.78 is 0. The van der Waals surface area contributed by atoms with Crippen molar-refractivity contribution in [3.8, 4) is 0 Å². The van der Waals surface area contributed by atoms with Gasteiger partial charge in [0.2, 0.25) is 5.95 Å². The van der Waals surface area contributed by atoms with E-state index in [9.17, 15) is 0 Å². The molecule has 2 aromatic rings. The predicted molar refractivity (Wildman–Crippen MR) is 77.2 cm³/mol. The summed E-state index contributed by atoms with van der Waals surface area (Å²) in [5.41, 5.74) is 8.34. The molecular weight excluding hydrogens is 244 g/mol. The van der Waals surface area contributed by atoms with E-state index in [4.69, 9.17) is 18.0 Å². The molecule has 0 unspecified atom stereocenters. The number of aryl methyl sites for hydroxylation is 1. The van der Waals surface area contributed by atoms with Gasteiger partial charge in [0.25, 0.3) is 0 Å². The molecule has 18 heavy (non-hydrogen) atoms. The molecule has 2 N–H and O–H groups in total. The molecule has 0 aliphatic heterocycles. The number of aromatic nitrogens is 2. The molecule has 0 saturated carbocycles. The van der Waals surface area contributed by atoms with E-state index in [1.165, 1.54) is 0 Å². The first-order chi connectivity index (χ1) is 8.58. The molecule has 0 spiro atoms. The van der Waals surface area contributed by atoms with Gasteiger partial charge in [-0.2, -0.15) is 0 Å². The zero-order valence-corrected chi connectivity index (χ0v) is 11.1. The van der Waals surface area contributed by atoms with Crippen LogP contribution < -0.4 is 10.6 Å². The molecule has 1 aromatic heterocycles. The van der Waals surface area contributed by atoms with Gasteiger partial charge in [-0.05, 0) is 37.3 Å². The van der Waals surface area contributed by atoms with Crippen LogP contribution in [-0.2, 0) is 0 Å². The largest absolute Gasteiger partial charge is 0.389 e. The summed E-state index contributed by atoms with van der Waals surface area (Å²) in [6.45, 7) is 1.94. The summed E-state index contributed by atoms with van der Waals surface area (Å²) in [4.78, 5) is 10.9. The second-order valence-electron chi connectivity index (χ2n) is 3.97. The van der Waals surface area contributed by atoms with Crippen molar-refractivity contribution >= 4 is 28.8 Å². The maximum absolute atomic E-state index is 5.56. The molecule has 0 radical (unpaired) electrons. The van der Waals surface area contributed by atoms with Crippen LogP contribution in [0.4, 0.5) is 11.6 Å². The topological polar surface area (TPSA) is 55.0 Å². The van der Waals surface area contributed by atoms with Gasteiger partial charge >= 0.3 is 0 Å². The minimum atomic E-state index is 0.399. The Kier molecular flexibility index (Phi) is 3.53. The number of rotatable bonds is 3. The molecular formula is C13H14N4S. The molecule has 0 fully saturated rings. The molecule has 0 amide bonds. The van der Waals surface area contributed by atoms with Crippen LogP contribution in [-0.4, -0.2) is 22.0 Å². The van der Waals surface area contributed by atoms with Gasteiger partial charge < -0.3 is 10.6 Å². The minimum absolute atomic E-state index is 0.399. The number of benzene rings is 1. The second-order valence-corrected chi connectivity index (χ2v) is 4.41. The van der Waals surface area contributed by atoms with E-state index in [0.717, 1.165) is 16.9 Å². The smallest absolute Gasteiger partial charge is 0.229 e. The highest BCUT2D eigenvalue weighted by Crippen LogP contribution is 2.20. The highest BCUT2D eigenvalue weighted by Gasteiger charge is 2.07. The van der Waals surface area contributed by atoms with Crippen LogP contribution in [0.25, 0.3) is 0 Å². The van der Waals surface area contributed by atoms with Crippen LogP contribution in [0.5, 0.6) is 0 Å². The Morgan fingerprint density at radius 2 is 1.89 bits per heavy atom. The number of nitrogens with two attached hydrogens (primary N) is 1. The van der Waals surface area contributed by atoms with Crippen LogP contribution in [0.3, 0.4) is 0 Å². The molecule has 1 heterocycles. The quantitative estimate of drug-likeness (QED) is 0.855. The van der Waals surface area contributed by atoms with E-state index in [0.29, 0.717) is 10.9 Å². The van der Waals surface area contributed by atoms with Gasteiger partial charge in [0.1, 0.15) is 4.99 Å². The molecule has 4 nitrogen and oxygen atoms in total. The molecule has 1 aromatic carbocycles. The predicted octanol–water partition coefficient (Wildman–Crippen LogP) is 2.19. The lowest BCUT2D eigenvalue weighted by Gasteiger charge is -2.17. The van der Waals surface area contributed by atoms with Gasteiger partial charge in [0, 0.05) is 30.2 Å². The van der Waals surface area contributed by atoms with Crippen LogP contribution >= 0.6 is 12.2 Å². The van der Waals surface area contributed by atoms with Crippen LogP contribution in [0.2, 0.25) is 0 Å². The van der Waals surface area contributed by atoms with E-state index in [1.807, 2.05) is 49.2 Å². The molecule has 0 bridgehead atoms. The fourth-order valence-electron chi connectivity index (χ4n) is 1.56. The van der Waals surface area contributed by atoms with Crippen molar-refractivity contribution in [2.24, 2.45) is 5.73 Å². The third-order valence-electron chi connectivity index (χ3n) is 2.62. The fraction of sp³-hybridized carbons (Fsp3) is 0.154. The number of thiocarbonyl (C=S) groups is 1. The lowest BCUT2D eigenvalue weighted by Crippen LogP contribution is -2.14. The first kappa shape index (κ1) is 12.4. The zero-order chi connectivity index (χ0) is 13.1. The van der Waals surface area contributed by atoms with Gasteiger partial charge in [-0.25, -0.2) is 9.97 Å². The third kappa shape index (κ3) is 2.62. The molecule has 5 heteroatoms. The first-order valence-electron chi connectivity index (χ1n) is 5.51. The van der Waals surface area contributed by atoms with Gasteiger partial charge in [-0.15, -0.1) is 0 Å². The molecule has 2 rings (SSSR count). The number of hydrogen-bond acceptors (Lipinski definition) is 4. The Morgan fingerprint density at radius 1 is 1.22 bits per heavy atom. The lowest BCUT2D eigenvalue weighted by molar-refractivity contribution is 1.01. The van der Waals surface area contributed by atoms with Crippen molar-refractivity contribution < 1.29 is 0 Å². The second kappa shape index (κ2) is 5.10. The Hall–Kier alpha value is -2.01. The Bertz CT molecular complexity index is 565. The highest BCUT2D eigenvalue weighted by atomic mass is 32.1. The zero-order valence-electron chi connectivity index (χ0n) is 10.3. The summed E-state index contributed by atoms with van der Waals surface area (Å²) in [6, 6.07) is 9.54. The Labute approximate surface area is 111 Å². The number of anilines is 2. The van der Waals surface area contributed by atoms with Crippen molar-refractivity contribution in [1.82, 2.24) is 9.97 Å². The normalized spacial score (nSPS) is 10.1. The van der Waals surface area contributed by atoms with Crippen LogP contribution in [0.1, 0.15) is 11.3 Å². The monoisotopic (exact) mass is 258 g/mol. The van der Waals surface area contributed by atoms with Gasteiger partial charge in [-0.3, -0.25) is 0 Å². The van der Waals surface area contributed by atoms with E-state index in [1.54, 1.807) is 6.20 Å². The van der Waals surface area contributed by atoms with Gasteiger partial charge in [0.05, 0.1) is 0 Å². The average Bonchev–Trinajstić information content (AvgIpc) is 2.38. The van der Waals surface area contributed by atoms with E-state index in [-0.39, 0.29) is 0 Å². The van der Waals surface area contributed by atoms with E-state index in [2.05, 4.69) is 9.97 Å². The van der Waals surface area contributed by atoms with Crippen molar-refractivity contribution in [2.45, 2.75) is 6.92 Å². The average molecular weight is 258 g/mol. The molecule has 0 aliphatic rings. The molecule has 0 atom stereocenters. The maximum atomic E-state index is 5.56. The maximum Gasteiger partial charge on any atom is 0.229 e. The molecule has 0 saturated heterocycles. The summed E-state index contributed by atoms with van der Waals surface area (Å²) >= 11 is 4.92. The van der Waals surface area contributed by atoms with E-state index < -0.39 is 0 Å². The van der Waals surface area contributed by atoms with Gasteiger partial charge in [-0.1, -0.05) is 12.2 Å². The standard InChI is InChI=1S/C13H14N4S/c1-9-7-8-15-13(16-9)17(2)11-5-3-10(4-6-11)12(14)18/h3-8H,1-2H3,(H2,14,18). The minimum Gasteiger partial charge on any atom is -0.389 e.